The van der Waals surface area contributed by atoms with E-state index in [0.717, 1.165) is 0 Å². The van der Waals surface area contributed by atoms with Gasteiger partial charge in [0, 0.05) is 6.92 Å². The molecule has 0 aliphatic rings. The van der Waals surface area contributed by atoms with Crippen molar-refractivity contribution < 1.29 is 14.3 Å². The van der Waals surface area contributed by atoms with E-state index in [0.29, 0.717) is 0 Å². The zero-order valence-electron chi connectivity index (χ0n) is 5.18. The highest BCUT2D eigenvalue weighted by atomic mass is 79.9. The number of halogens is 1. The van der Waals surface area contributed by atoms with Gasteiger partial charge in [-0.25, -0.2) is 0 Å². The normalized spacial score (nSPS) is 12.3. The molecule has 0 aliphatic heterocycles. The van der Waals surface area contributed by atoms with E-state index in [1.807, 2.05) is 0 Å². The first kappa shape index (κ1) is 8.62. The topological polar surface area (TPSA) is 43.4 Å². The third kappa shape index (κ3) is 4.14. The van der Waals surface area contributed by atoms with E-state index < -0.39 is 11.0 Å². The van der Waals surface area contributed by atoms with E-state index in [1.54, 1.807) is 0 Å². The molecule has 0 fully saturated rings. The molecule has 0 radical (unpaired) electrons. The van der Waals surface area contributed by atoms with Gasteiger partial charge in [-0.15, -0.1) is 0 Å². The lowest BCUT2D eigenvalue weighted by molar-refractivity contribution is -0.146. The summed E-state index contributed by atoms with van der Waals surface area (Å²) in [4.78, 5) is 20.5. The molecule has 0 aromatic carbocycles. The molecule has 52 valence electrons. The number of rotatable bonds is 2. The summed E-state index contributed by atoms with van der Waals surface area (Å²) in [5.74, 6) is -0.683. The van der Waals surface area contributed by atoms with Gasteiger partial charge in [0.25, 0.3) is 0 Å². The largest absolute Gasteiger partial charge is 0.443 e. The third-order valence-electron chi connectivity index (χ3n) is 0.589. The predicted octanol–water partition coefficient (Wildman–Crippen LogP) is 0.859. The third-order valence-corrected chi connectivity index (χ3v) is 1.42. The quantitative estimate of drug-likeness (QED) is 0.484. The Kier molecular flexibility index (Phi) is 3.46. The molecular weight excluding hydrogens is 188 g/mol. The molecule has 0 aromatic heterocycles. The van der Waals surface area contributed by atoms with Crippen LogP contribution in [0.3, 0.4) is 0 Å². The first-order valence-corrected chi connectivity index (χ1v) is 3.27. The minimum atomic E-state index is -0.782. The van der Waals surface area contributed by atoms with Gasteiger partial charge in [-0.3, -0.25) is 9.59 Å². The molecule has 0 heterocycles. The maximum atomic E-state index is 10.4. The maximum Gasteiger partial charge on any atom is 0.304 e. The monoisotopic (exact) mass is 194 g/mol. The summed E-state index contributed by atoms with van der Waals surface area (Å²) in [6, 6.07) is 0. The number of hydrogen-bond donors (Lipinski definition) is 0. The Balaban J connectivity index is 3.63. The van der Waals surface area contributed by atoms with Gasteiger partial charge >= 0.3 is 5.97 Å². The van der Waals surface area contributed by atoms with Crippen LogP contribution in [0.4, 0.5) is 0 Å². The molecule has 0 amide bonds. The zero-order chi connectivity index (χ0) is 7.44. The number of carbonyl (C=O) groups is 2. The van der Waals surface area contributed by atoms with Crippen LogP contribution in [0, 0.1) is 0 Å². The molecule has 0 bridgehead atoms. The fraction of sp³-hybridized carbons (Fsp3) is 0.600. The van der Waals surface area contributed by atoms with Crippen LogP contribution in [0.25, 0.3) is 0 Å². The number of hydrogen-bond acceptors (Lipinski definition) is 3. The minimum absolute atomic E-state index is 0.217. The van der Waals surface area contributed by atoms with Gasteiger partial charge in [0.1, 0.15) is 0 Å². The van der Waals surface area contributed by atoms with Gasteiger partial charge in [-0.1, -0.05) is 0 Å². The predicted molar refractivity (Wildman–Crippen MR) is 35.2 cm³/mol. The molecule has 4 heteroatoms. The van der Waals surface area contributed by atoms with Gasteiger partial charge in [0.15, 0.2) is 5.78 Å². The van der Waals surface area contributed by atoms with Crippen molar-refractivity contribution in [3.05, 3.63) is 0 Å². The molecule has 1 atom stereocenters. The van der Waals surface area contributed by atoms with Crippen LogP contribution < -0.4 is 0 Å². The molecule has 0 aromatic rings. The summed E-state index contributed by atoms with van der Waals surface area (Å²) in [6.45, 7) is 2.58. The summed E-state index contributed by atoms with van der Waals surface area (Å²) in [5, 5.41) is -0.782. The highest BCUT2D eigenvalue weighted by Gasteiger charge is 2.11. The van der Waals surface area contributed by atoms with Crippen LogP contribution in [0.1, 0.15) is 13.8 Å². The molecule has 1 unspecified atom stereocenters. The van der Waals surface area contributed by atoms with Gasteiger partial charge in [0.05, 0.1) is 0 Å². The van der Waals surface area contributed by atoms with Crippen molar-refractivity contribution in [1.29, 1.82) is 0 Å². The van der Waals surface area contributed by atoms with Crippen molar-refractivity contribution in [2.75, 3.05) is 0 Å². The van der Waals surface area contributed by atoms with E-state index in [4.69, 9.17) is 0 Å². The van der Waals surface area contributed by atoms with Gasteiger partial charge < -0.3 is 4.74 Å². The molecule has 0 saturated heterocycles. The van der Waals surface area contributed by atoms with Gasteiger partial charge in [-0.05, 0) is 22.9 Å². The fourth-order valence-corrected chi connectivity index (χ4v) is 0.492. The minimum Gasteiger partial charge on any atom is -0.443 e. The van der Waals surface area contributed by atoms with Crippen LogP contribution in [0.2, 0.25) is 0 Å². The number of ether oxygens (including phenoxy) is 1. The van der Waals surface area contributed by atoms with Crippen LogP contribution in [-0.4, -0.2) is 16.8 Å². The van der Waals surface area contributed by atoms with Crippen LogP contribution >= 0.6 is 15.9 Å². The first-order valence-electron chi connectivity index (χ1n) is 2.35. The second-order valence-electron chi connectivity index (χ2n) is 1.54. The van der Waals surface area contributed by atoms with Crippen molar-refractivity contribution in [2.24, 2.45) is 0 Å². The average Bonchev–Trinajstić information content (AvgIpc) is 1.63. The molecule has 0 rings (SSSR count). The first-order chi connectivity index (χ1) is 4.04. The fourth-order valence-electron chi connectivity index (χ4n) is 0.229. The summed E-state index contributed by atoms with van der Waals surface area (Å²) in [6.07, 6.45) is 0. The molecule has 0 aliphatic carbocycles. The van der Waals surface area contributed by atoms with Crippen LogP contribution in [0.15, 0.2) is 0 Å². The Morgan fingerprint density at radius 3 is 2.00 bits per heavy atom. The lowest BCUT2D eigenvalue weighted by Gasteiger charge is -2.03. The van der Waals surface area contributed by atoms with Crippen molar-refractivity contribution in [1.82, 2.24) is 0 Å². The van der Waals surface area contributed by atoms with E-state index in [-0.39, 0.29) is 5.78 Å². The summed E-state index contributed by atoms with van der Waals surface area (Å²) in [5.41, 5.74) is 0. The molecule has 3 nitrogen and oxygen atoms in total. The Morgan fingerprint density at radius 2 is 1.89 bits per heavy atom. The summed E-state index contributed by atoms with van der Waals surface area (Å²) in [7, 11) is 0. The molecular formula is C5H7BrO3. The molecule has 0 N–H and O–H groups in total. The SMILES string of the molecule is CC(=O)OC(Br)C(C)=O. The number of esters is 1. The molecule has 9 heavy (non-hydrogen) atoms. The Bertz CT molecular complexity index is 132. The number of alkyl halides is 1. The van der Waals surface area contributed by atoms with E-state index in [9.17, 15) is 9.59 Å². The Labute approximate surface area is 61.5 Å². The van der Waals surface area contributed by atoms with Crippen molar-refractivity contribution in [3.8, 4) is 0 Å². The van der Waals surface area contributed by atoms with Gasteiger partial charge in [-0.2, -0.15) is 0 Å². The number of Topliss-reactive ketones (excluding diaryl/α,β-unsaturated/α-hetero) is 1. The Hall–Kier alpha value is -0.380. The van der Waals surface area contributed by atoms with E-state index in [2.05, 4.69) is 20.7 Å². The maximum absolute atomic E-state index is 10.4. The second-order valence-corrected chi connectivity index (χ2v) is 2.37. The number of ketones is 1. The average molecular weight is 195 g/mol. The smallest absolute Gasteiger partial charge is 0.304 e. The van der Waals surface area contributed by atoms with E-state index >= 15 is 0 Å². The highest BCUT2D eigenvalue weighted by Crippen LogP contribution is 2.02. The number of carbonyl (C=O) groups excluding carboxylic acids is 2. The molecule has 0 spiro atoms. The lowest BCUT2D eigenvalue weighted by Crippen LogP contribution is -2.16. The van der Waals surface area contributed by atoms with Crippen LogP contribution in [-0.2, 0) is 14.3 Å². The zero-order valence-corrected chi connectivity index (χ0v) is 6.77. The standard InChI is InChI=1S/C5H7BrO3/c1-3(7)5(6)9-4(2)8/h5H,1-2H3. The molecule has 0 saturated carbocycles. The van der Waals surface area contributed by atoms with Crippen LogP contribution in [0.5, 0.6) is 0 Å². The van der Waals surface area contributed by atoms with Crippen molar-refractivity contribution in [3.63, 3.8) is 0 Å². The summed E-state index contributed by atoms with van der Waals surface area (Å²) < 4.78 is 4.44. The van der Waals surface area contributed by atoms with Gasteiger partial charge in [0.2, 0.25) is 5.01 Å². The highest BCUT2D eigenvalue weighted by molar-refractivity contribution is 9.09. The Morgan fingerprint density at radius 1 is 1.44 bits per heavy atom. The summed E-state index contributed by atoms with van der Waals surface area (Å²) >= 11 is 2.85. The van der Waals surface area contributed by atoms with Crippen molar-refractivity contribution in [2.45, 2.75) is 18.9 Å². The van der Waals surface area contributed by atoms with E-state index in [1.165, 1.54) is 13.8 Å². The lowest BCUT2D eigenvalue weighted by atomic mass is 10.5. The van der Waals surface area contributed by atoms with Crippen molar-refractivity contribution >= 4 is 27.7 Å². The second kappa shape index (κ2) is 3.61.